The Bertz CT molecular complexity index is 134. The molecule has 0 amide bonds. The van der Waals surface area contributed by atoms with E-state index in [1.807, 2.05) is 4.90 Å². The molecule has 0 aliphatic carbocycles. The van der Waals surface area contributed by atoms with Crippen LogP contribution in [-0.2, 0) is 0 Å². The molecule has 0 heterocycles. The molecule has 5 heteroatoms. The van der Waals surface area contributed by atoms with Gasteiger partial charge in [-0.3, -0.25) is 4.90 Å². The summed E-state index contributed by atoms with van der Waals surface area (Å²) in [4.78, 5) is 1.97. The van der Waals surface area contributed by atoms with E-state index in [9.17, 15) is 0 Å². The van der Waals surface area contributed by atoms with Gasteiger partial charge in [0.05, 0.1) is 12.8 Å². The molecule has 5 nitrogen and oxygen atoms in total. The molecule has 0 aromatic rings. The Morgan fingerprint density at radius 2 is 2.00 bits per heavy atom. The molecule has 0 spiro atoms. The van der Waals surface area contributed by atoms with Crippen LogP contribution in [0.4, 0.5) is 0 Å². The lowest BCUT2D eigenvalue weighted by molar-refractivity contribution is 0.105. The van der Waals surface area contributed by atoms with Crippen molar-refractivity contribution in [1.82, 2.24) is 10.2 Å². The first-order valence-electron chi connectivity index (χ1n) is 5.62. The Morgan fingerprint density at radius 3 is 2.53 bits per heavy atom. The summed E-state index contributed by atoms with van der Waals surface area (Å²) in [5.74, 6) is 0. The molecular weight excluding hydrogens is 194 g/mol. The summed E-state index contributed by atoms with van der Waals surface area (Å²) < 4.78 is 0. The van der Waals surface area contributed by atoms with Gasteiger partial charge in [-0.2, -0.15) is 0 Å². The van der Waals surface area contributed by atoms with Crippen LogP contribution in [0.15, 0.2) is 0 Å². The van der Waals surface area contributed by atoms with Crippen LogP contribution in [0.2, 0.25) is 0 Å². The fourth-order valence-corrected chi connectivity index (χ4v) is 1.31. The van der Waals surface area contributed by atoms with Crippen molar-refractivity contribution in [3.05, 3.63) is 0 Å². The number of nitrogens with two attached hydrogens (primary N) is 1. The van der Waals surface area contributed by atoms with E-state index in [0.29, 0.717) is 13.1 Å². The van der Waals surface area contributed by atoms with Crippen LogP contribution in [0.3, 0.4) is 0 Å². The number of rotatable bonds is 10. The van der Waals surface area contributed by atoms with Gasteiger partial charge >= 0.3 is 0 Å². The largest absolute Gasteiger partial charge is 0.392 e. The van der Waals surface area contributed by atoms with Crippen molar-refractivity contribution in [2.24, 2.45) is 5.73 Å². The first-order chi connectivity index (χ1) is 7.20. The summed E-state index contributed by atoms with van der Waals surface area (Å²) in [7, 11) is 0. The molecular formula is C10H25N3O2. The fraction of sp³-hybridized carbons (Fsp3) is 1.00. The van der Waals surface area contributed by atoms with Crippen LogP contribution in [0.1, 0.15) is 19.8 Å². The van der Waals surface area contributed by atoms with E-state index in [4.69, 9.17) is 15.9 Å². The lowest BCUT2D eigenvalue weighted by Gasteiger charge is -2.19. The normalized spacial score (nSPS) is 13.4. The van der Waals surface area contributed by atoms with Crippen LogP contribution < -0.4 is 11.1 Å². The van der Waals surface area contributed by atoms with E-state index in [2.05, 4.69) is 5.32 Å². The van der Waals surface area contributed by atoms with Gasteiger partial charge in [0, 0.05) is 19.6 Å². The molecule has 0 aliphatic rings. The highest BCUT2D eigenvalue weighted by Crippen LogP contribution is 1.91. The van der Waals surface area contributed by atoms with E-state index in [1.54, 1.807) is 6.92 Å². The first-order valence-corrected chi connectivity index (χ1v) is 5.62. The third-order valence-corrected chi connectivity index (χ3v) is 2.15. The topological polar surface area (TPSA) is 81.8 Å². The highest BCUT2D eigenvalue weighted by atomic mass is 16.3. The molecule has 0 saturated heterocycles. The van der Waals surface area contributed by atoms with Gasteiger partial charge in [-0.15, -0.1) is 0 Å². The van der Waals surface area contributed by atoms with Gasteiger partial charge in [-0.25, -0.2) is 0 Å². The molecule has 1 unspecified atom stereocenters. The summed E-state index contributed by atoms with van der Waals surface area (Å²) in [6, 6.07) is 0. The van der Waals surface area contributed by atoms with Gasteiger partial charge in [0.2, 0.25) is 0 Å². The van der Waals surface area contributed by atoms with E-state index in [1.165, 1.54) is 0 Å². The average Bonchev–Trinajstić information content (AvgIpc) is 2.21. The monoisotopic (exact) mass is 219 g/mol. The zero-order valence-electron chi connectivity index (χ0n) is 9.65. The second-order valence-corrected chi connectivity index (χ2v) is 3.81. The zero-order chi connectivity index (χ0) is 11.5. The Kier molecular flexibility index (Phi) is 10.2. The highest BCUT2D eigenvalue weighted by molar-refractivity contribution is 4.57. The summed E-state index contributed by atoms with van der Waals surface area (Å²) in [6.07, 6.45) is 1.59. The predicted molar refractivity (Wildman–Crippen MR) is 61.5 cm³/mol. The molecule has 0 saturated carbocycles. The number of hydrogen-bond donors (Lipinski definition) is 4. The minimum atomic E-state index is -0.295. The third-order valence-electron chi connectivity index (χ3n) is 2.15. The maximum Gasteiger partial charge on any atom is 0.0956 e. The lowest BCUT2D eigenvalue weighted by atomic mass is 10.3. The maximum atomic E-state index is 9.02. The van der Waals surface area contributed by atoms with Gasteiger partial charge in [0.15, 0.2) is 0 Å². The van der Waals surface area contributed by atoms with Crippen molar-refractivity contribution in [3.63, 3.8) is 0 Å². The van der Waals surface area contributed by atoms with Gasteiger partial charge in [0.1, 0.15) is 0 Å². The molecule has 5 N–H and O–H groups in total. The molecule has 0 bridgehead atoms. The third kappa shape index (κ3) is 10.1. The first kappa shape index (κ1) is 14.8. The molecule has 0 fully saturated rings. The molecule has 0 aromatic heterocycles. The van der Waals surface area contributed by atoms with Gasteiger partial charge in [-0.1, -0.05) is 0 Å². The Hall–Kier alpha value is -0.200. The predicted octanol–water partition coefficient (Wildman–Crippen LogP) is -1.05. The Balaban J connectivity index is 3.30. The van der Waals surface area contributed by atoms with Gasteiger partial charge in [-0.05, 0) is 32.9 Å². The van der Waals surface area contributed by atoms with Crippen molar-refractivity contribution in [1.29, 1.82) is 0 Å². The van der Waals surface area contributed by atoms with E-state index < -0.39 is 0 Å². The fourth-order valence-electron chi connectivity index (χ4n) is 1.31. The number of aliphatic hydroxyl groups is 2. The van der Waals surface area contributed by atoms with Crippen molar-refractivity contribution >= 4 is 0 Å². The minimum Gasteiger partial charge on any atom is -0.392 e. The quantitative estimate of drug-likeness (QED) is 0.278. The summed E-state index contributed by atoms with van der Waals surface area (Å²) in [6.45, 7) is 5.72. The molecule has 1 atom stereocenters. The van der Waals surface area contributed by atoms with Crippen molar-refractivity contribution < 1.29 is 10.2 Å². The van der Waals surface area contributed by atoms with Gasteiger partial charge < -0.3 is 21.3 Å². The van der Waals surface area contributed by atoms with E-state index in [-0.39, 0.29) is 12.8 Å². The molecule has 0 radical (unpaired) electrons. The van der Waals surface area contributed by atoms with Gasteiger partial charge in [0.25, 0.3) is 0 Å². The summed E-state index contributed by atoms with van der Waals surface area (Å²) >= 11 is 0. The lowest BCUT2D eigenvalue weighted by Crippen LogP contribution is -2.32. The number of hydrogen-bond acceptors (Lipinski definition) is 5. The Morgan fingerprint density at radius 1 is 1.33 bits per heavy atom. The second-order valence-electron chi connectivity index (χ2n) is 3.81. The van der Waals surface area contributed by atoms with Crippen LogP contribution in [0.5, 0.6) is 0 Å². The molecule has 0 aromatic carbocycles. The minimum absolute atomic E-state index is 0.0937. The SMILES string of the molecule is CC(O)CNCCCN(CO)CCCN. The van der Waals surface area contributed by atoms with Crippen LogP contribution >= 0.6 is 0 Å². The second kappa shape index (κ2) is 10.3. The van der Waals surface area contributed by atoms with Crippen molar-refractivity contribution in [2.75, 3.05) is 39.5 Å². The highest BCUT2D eigenvalue weighted by Gasteiger charge is 2.01. The molecule has 92 valence electrons. The molecule has 0 rings (SSSR count). The maximum absolute atomic E-state index is 9.02. The number of nitrogens with zero attached hydrogens (tertiary/aromatic N) is 1. The van der Waals surface area contributed by atoms with E-state index in [0.717, 1.165) is 32.5 Å². The smallest absolute Gasteiger partial charge is 0.0956 e. The van der Waals surface area contributed by atoms with Crippen molar-refractivity contribution in [2.45, 2.75) is 25.9 Å². The van der Waals surface area contributed by atoms with Crippen LogP contribution in [0.25, 0.3) is 0 Å². The zero-order valence-corrected chi connectivity index (χ0v) is 9.65. The molecule has 0 aliphatic heterocycles. The number of aliphatic hydroxyl groups excluding tert-OH is 2. The van der Waals surface area contributed by atoms with Crippen LogP contribution in [-0.4, -0.2) is 60.7 Å². The summed E-state index contributed by atoms with van der Waals surface area (Å²) in [5, 5.41) is 21.2. The van der Waals surface area contributed by atoms with Crippen LogP contribution in [0, 0.1) is 0 Å². The standard InChI is InChI=1S/C10H25N3O2/c1-10(15)8-12-5-3-7-13(9-14)6-2-4-11/h10,12,14-15H,2-9,11H2,1H3. The Labute approximate surface area is 92.3 Å². The molecule has 15 heavy (non-hydrogen) atoms. The average molecular weight is 219 g/mol. The van der Waals surface area contributed by atoms with E-state index >= 15 is 0 Å². The number of nitrogens with one attached hydrogen (secondary N) is 1. The summed E-state index contributed by atoms with van der Waals surface area (Å²) in [5.41, 5.74) is 5.39. The van der Waals surface area contributed by atoms with Crippen molar-refractivity contribution in [3.8, 4) is 0 Å².